The van der Waals surface area contributed by atoms with Crippen molar-refractivity contribution < 1.29 is 77.3 Å². The molecule has 0 radical (unpaired) electrons. The Morgan fingerprint density at radius 3 is 1.52 bits per heavy atom. The maximum atomic E-state index is 14.3. The van der Waals surface area contributed by atoms with Gasteiger partial charge in [-0.3, -0.25) is 62.9 Å². The van der Waals surface area contributed by atoms with Crippen molar-refractivity contribution in [2.45, 2.75) is 207 Å². The zero-order valence-electron chi connectivity index (χ0n) is 50.3. The number of nitrogens with two attached hydrogens (primary N) is 2. The molecular formula is C53H93N15O16. The topological polar surface area (TPSA) is 492 Å². The molecule has 0 saturated carbocycles. The summed E-state index contributed by atoms with van der Waals surface area (Å²) in [5, 5.41) is 58.0. The Balaban J connectivity index is 3.52. The minimum absolute atomic E-state index is 0.0239. The van der Waals surface area contributed by atoms with Crippen molar-refractivity contribution >= 4 is 82.8 Å². The monoisotopic (exact) mass is 1200 g/mol. The smallest absolute Gasteiger partial charge is 0.329 e. The molecule has 0 aliphatic carbocycles. The van der Waals surface area contributed by atoms with Crippen LogP contribution < -0.4 is 75.3 Å². The first-order valence-corrected chi connectivity index (χ1v) is 28.4. The van der Waals surface area contributed by atoms with Gasteiger partial charge in [-0.25, -0.2) is 4.79 Å². The van der Waals surface area contributed by atoms with Gasteiger partial charge in [0.05, 0.1) is 13.2 Å². The Morgan fingerprint density at radius 1 is 0.595 bits per heavy atom. The summed E-state index contributed by atoms with van der Waals surface area (Å²) in [6.45, 7) is 16.6. The number of cyclic esters (lactones) is 1. The summed E-state index contributed by atoms with van der Waals surface area (Å²) in [5.74, 6) is -14.6. The normalized spacial score (nSPS) is 21.4. The van der Waals surface area contributed by atoms with Crippen LogP contribution in [-0.2, 0) is 67.1 Å². The number of primary amides is 1. The number of carbonyl (C=O) groups is 13. The van der Waals surface area contributed by atoms with Crippen LogP contribution in [-0.4, -0.2) is 185 Å². The van der Waals surface area contributed by atoms with E-state index in [9.17, 15) is 72.5 Å². The number of amides is 12. The van der Waals surface area contributed by atoms with Crippen LogP contribution >= 0.6 is 0 Å². The molecule has 0 aromatic carbocycles. The highest BCUT2D eigenvalue weighted by Gasteiger charge is 2.41. The first kappa shape index (κ1) is 74.3. The predicted molar refractivity (Wildman–Crippen MR) is 303 cm³/mol. The van der Waals surface area contributed by atoms with Gasteiger partial charge >= 0.3 is 5.97 Å². The molecule has 0 bridgehead atoms. The van der Waals surface area contributed by atoms with E-state index in [1.165, 1.54) is 27.7 Å². The van der Waals surface area contributed by atoms with E-state index in [0.29, 0.717) is 12.8 Å². The van der Waals surface area contributed by atoms with Gasteiger partial charge in [-0.2, -0.15) is 0 Å². The number of aliphatic hydroxyl groups is 2. The van der Waals surface area contributed by atoms with E-state index in [1.54, 1.807) is 55.4 Å². The number of hydrogen-bond acceptors (Lipinski definition) is 17. The van der Waals surface area contributed by atoms with Gasteiger partial charge in [0.15, 0.2) is 5.96 Å². The second kappa shape index (κ2) is 36.8. The van der Waals surface area contributed by atoms with E-state index in [2.05, 4.69) is 63.8 Å². The highest BCUT2D eigenvalue weighted by Crippen LogP contribution is 2.17. The van der Waals surface area contributed by atoms with Gasteiger partial charge in [-0.15, -0.1) is 0 Å². The number of nitrogens with one attached hydrogen (secondary N) is 13. The van der Waals surface area contributed by atoms with Crippen molar-refractivity contribution in [3.8, 4) is 0 Å². The molecule has 1 fully saturated rings. The number of esters is 1. The zero-order valence-corrected chi connectivity index (χ0v) is 50.3. The molecule has 1 aliphatic rings. The van der Waals surface area contributed by atoms with E-state index in [1.807, 2.05) is 0 Å². The molecule has 31 heteroatoms. The Hall–Kier alpha value is -7.70. The molecule has 476 valence electrons. The first-order chi connectivity index (χ1) is 39.3. The third kappa shape index (κ3) is 24.3. The van der Waals surface area contributed by atoms with Gasteiger partial charge in [0.25, 0.3) is 0 Å². The van der Waals surface area contributed by atoms with E-state index < -0.39 is 199 Å². The van der Waals surface area contributed by atoms with Crippen LogP contribution in [0.1, 0.15) is 134 Å². The first-order valence-electron chi connectivity index (χ1n) is 28.4. The van der Waals surface area contributed by atoms with Gasteiger partial charge in [-0.05, 0) is 63.7 Å². The summed E-state index contributed by atoms with van der Waals surface area (Å²) in [7, 11) is 0. The fourth-order valence-electron chi connectivity index (χ4n) is 8.35. The second-order valence-electron chi connectivity index (χ2n) is 21.4. The Bertz CT molecular complexity index is 2330. The molecule has 19 N–H and O–H groups in total. The number of aliphatic hydroxyl groups excluding tert-OH is 2. The lowest BCUT2D eigenvalue weighted by molar-refractivity contribution is -0.157. The van der Waals surface area contributed by atoms with Gasteiger partial charge in [-0.1, -0.05) is 81.1 Å². The maximum absolute atomic E-state index is 14.3. The lowest BCUT2D eigenvalue weighted by Crippen LogP contribution is -2.63. The minimum Gasteiger partial charge on any atom is -0.458 e. The molecule has 0 unspecified atom stereocenters. The summed E-state index contributed by atoms with van der Waals surface area (Å²) in [4.78, 5) is 175. The maximum Gasteiger partial charge on any atom is 0.329 e. The molecule has 31 nitrogen and oxygen atoms in total. The molecule has 0 spiro atoms. The number of ether oxygens (including phenoxy) is 1. The fourth-order valence-corrected chi connectivity index (χ4v) is 8.35. The molecular weight excluding hydrogens is 1100 g/mol. The average molecular weight is 1200 g/mol. The summed E-state index contributed by atoms with van der Waals surface area (Å²) in [6.07, 6.45) is -0.914. The number of guanidine groups is 1. The van der Waals surface area contributed by atoms with Crippen LogP contribution in [0.2, 0.25) is 0 Å². The Labute approximate surface area is 489 Å². The SMILES string of the molecule is CC[C@@H](C)[C@@H](NC(=O)[C@@H](CCC(N)=O)NC(=O)[C@H](CO)NC(=O)[C@@H](NC(=O)[C@@H](C)NC(C)=O)[C@@H](C)CC)C(=O)N[C@H](C(=O)N[C@@H](CO)C(=O)N[C@H]1C(=O)N[C@@H](C)C(=O)N[C@@H](CCCNC(=N)N)C(=O)N[C@@H]([C@@H](C)CC)C(=O)O[C@H]1C)[C@@H](C)CC. The largest absolute Gasteiger partial charge is 0.458 e. The molecule has 16 atom stereocenters. The van der Waals surface area contributed by atoms with Gasteiger partial charge in [0.1, 0.15) is 72.6 Å². The molecule has 1 aliphatic heterocycles. The predicted octanol–water partition coefficient (Wildman–Crippen LogP) is -4.98. The quantitative estimate of drug-likeness (QED) is 0.0130. The third-order valence-corrected chi connectivity index (χ3v) is 14.6. The number of rotatable bonds is 32. The summed E-state index contributed by atoms with van der Waals surface area (Å²) in [5.41, 5.74) is 10.8. The van der Waals surface area contributed by atoms with Crippen molar-refractivity contribution in [1.29, 1.82) is 5.41 Å². The summed E-state index contributed by atoms with van der Waals surface area (Å²) >= 11 is 0. The van der Waals surface area contributed by atoms with Gasteiger partial charge in [0, 0.05) is 19.9 Å². The Kier molecular flexibility index (Phi) is 32.5. The Morgan fingerprint density at radius 2 is 1.06 bits per heavy atom. The highest BCUT2D eigenvalue weighted by molar-refractivity contribution is 6.00. The molecule has 0 aromatic heterocycles. The summed E-state index contributed by atoms with van der Waals surface area (Å²) < 4.78 is 5.69. The third-order valence-electron chi connectivity index (χ3n) is 14.6. The van der Waals surface area contributed by atoms with Crippen molar-refractivity contribution in [2.24, 2.45) is 35.1 Å². The lowest BCUT2D eigenvalue weighted by atomic mass is 9.94. The van der Waals surface area contributed by atoms with Crippen molar-refractivity contribution in [3.63, 3.8) is 0 Å². The van der Waals surface area contributed by atoms with E-state index in [0.717, 1.165) is 0 Å². The van der Waals surface area contributed by atoms with Crippen LogP contribution in [0.25, 0.3) is 0 Å². The fraction of sp³-hybridized carbons (Fsp3) is 0.736. The standard InChI is InChI=1S/C53H93N15O16/c1-13-24(5)37(64-43(74)28(9)58-31(12)71)48(79)62-34(22-69)46(77)61-33(19-20-36(54)72)45(76)65-39(26(7)15-3)50(81)66-38(25(6)14-2)49(80)63-35(23-70)47(78)68-41-30(11)84-52(83)40(27(8)16-4)67-44(75)32(18-17-21-57-53(55)56)60-42(73)29(10)59-51(41)82/h24-30,32-35,37-41,69-70H,13-23H2,1-12H3,(H2,54,72)(H,58,71)(H,59,82)(H,60,73)(H,61,77)(H,62,79)(H,63,80)(H,64,74)(H,65,76)(H,66,81)(H,67,75)(H,68,78)(H4,55,56,57)/t24-,25-,26+,27-,28+,29-,30-,32-,33+,34-,35-,37-,38-,39+,40-,41+/m0/s1. The van der Waals surface area contributed by atoms with Crippen molar-refractivity contribution in [1.82, 2.24) is 63.8 Å². The molecule has 12 amide bonds. The minimum atomic E-state index is -1.84. The zero-order chi connectivity index (χ0) is 64.3. The van der Waals surface area contributed by atoms with Crippen molar-refractivity contribution in [2.75, 3.05) is 19.8 Å². The summed E-state index contributed by atoms with van der Waals surface area (Å²) in [6, 6.07) is -16.0. The average Bonchev–Trinajstić information content (AvgIpc) is 3.56. The van der Waals surface area contributed by atoms with E-state index >= 15 is 0 Å². The molecule has 1 heterocycles. The van der Waals surface area contributed by atoms with Crippen molar-refractivity contribution in [3.05, 3.63) is 0 Å². The molecule has 1 rings (SSSR count). The van der Waals surface area contributed by atoms with E-state index in [-0.39, 0.29) is 38.2 Å². The number of carbonyl (C=O) groups excluding carboxylic acids is 13. The van der Waals surface area contributed by atoms with Gasteiger partial charge < -0.3 is 90.2 Å². The molecule has 1 saturated heterocycles. The van der Waals surface area contributed by atoms with Crippen LogP contribution in [0.15, 0.2) is 0 Å². The number of hydrogen-bond donors (Lipinski definition) is 17. The second-order valence-corrected chi connectivity index (χ2v) is 21.4. The van der Waals surface area contributed by atoms with Crippen LogP contribution in [0.5, 0.6) is 0 Å². The van der Waals surface area contributed by atoms with Gasteiger partial charge in [0.2, 0.25) is 70.9 Å². The molecule has 84 heavy (non-hydrogen) atoms. The van der Waals surface area contributed by atoms with Crippen LogP contribution in [0, 0.1) is 29.1 Å². The lowest BCUT2D eigenvalue weighted by Gasteiger charge is -2.31. The van der Waals surface area contributed by atoms with Crippen LogP contribution in [0.4, 0.5) is 0 Å². The van der Waals surface area contributed by atoms with Crippen LogP contribution in [0.3, 0.4) is 0 Å². The highest BCUT2D eigenvalue weighted by atomic mass is 16.5. The van der Waals surface area contributed by atoms with E-state index in [4.69, 9.17) is 21.6 Å². The molecule has 0 aromatic rings.